The molecule has 3 aromatic rings. The van der Waals surface area contributed by atoms with Gasteiger partial charge in [-0.05, 0) is 24.6 Å². The summed E-state index contributed by atoms with van der Waals surface area (Å²) in [6.45, 7) is 0. The van der Waals surface area contributed by atoms with Gasteiger partial charge in [0, 0.05) is 24.7 Å². The van der Waals surface area contributed by atoms with Crippen LogP contribution in [0.5, 0.6) is 0 Å². The average molecular weight is 328 g/mol. The van der Waals surface area contributed by atoms with Crippen LogP contribution < -0.4 is 10.5 Å². The molecule has 4 nitrogen and oxygen atoms in total. The SMILES string of the molecule is CN(c1ccccc1)c1c2c(oc(=O)c1Cl)-c1ccoc1CC2. The second kappa shape index (κ2) is 5.32. The summed E-state index contributed by atoms with van der Waals surface area (Å²) in [5.74, 6) is 1.41. The third kappa shape index (κ3) is 2.18. The molecule has 116 valence electrons. The fourth-order valence-electron chi connectivity index (χ4n) is 3.09. The molecule has 0 amide bonds. The van der Waals surface area contributed by atoms with Crippen molar-refractivity contribution < 1.29 is 8.83 Å². The topological polar surface area (TPSA) is 46.6 Å². The highest BCUT2D eigenvalue weighted by Crippen LogP contribution is 2.42. The number of nitrogens with zero attached hydrogens (tertiary/aromatic N) is 1. The Hall–Kier alpha value is -2.46. The molecule has 2 aromatic heterocycles. The number of para-hydroxylation sites is 1. The molecule has 1 aliphatic rings. The first-order valence-electron chi connectivity index (χ1n) is 7.38. The highest BCUT2D eigenvalue weighted by molar-refractivity contribution is 6.33. The van der Waals surface area contributed by atoms with E-state index in [1.807, 2.05) is 48.3 Å². The van der Waals surface area contributed by atoms with Crippen molar-refractivity contribution in [3.05, 3.63) is 69.4 Å². The van der Waals surface area contributed by atoms with Crippen molar-refractivity contribution in [3.63, 3.8) is 0 Å². The molecule has 0 unspecified atom stereocenters. The molecule has 0 fully saturated rings. The van der Waals surface area contributed by atoms with E-state index in [-0.39, 0.29) is 5.02 Å². The van der Waals surface area contributed by atoms with E-state index in [2.05, 4.69) is 0 Å². The summed E-state index contributed by atoms with van der Waals surface area (Å²) >= 11 is 6.30. The standard InChI is InChI=1S/C18H14ClNO3/c1-20(11-5-3-2-4-6-11)16-13-7-8-14-12(9-10-22-14)17(13)23-18(21)15(16)19/h2-6,9-10H,7-8H2,1H3. The molecule has 0 bridgehead atoms. The normalized spacial score (nSPS) is 12.6. The van der Waals surface area contributed by atoms with Crippen LogP contribution in [0.15, 0.2) is 56.3 Å². The number of hydrogen-bond donors (Lipinski definition) is 0. The number of halogens is 1. The van der Waals surface area contributed by atoms with E-state index in [0.29, 0.717) is 17.9 Å². The summed E-state index contributed by atoms with van der Waals surface area (Å²) < 4.78 is 10.9. The van der Waals surface area contributed by atoms with Crippen LogP contribution >= 0.6 is 11.6 Å². The summed E-state index contributed by atoms with van der Waals surface area (Å²) in [6.07, 6.45) is 3.09. The summed E-state index contributed by atoms with van der Waals surface area (Å²) in [4.78, 5) is 14.2. The molecule has 0 saturated heterocycles. The molecule has 0 spiro atoms. The fourth-order valence-corrected chi connectivity index (χ4v) is 3.37. The molecule has 4 rings (SSSR count). The molecule has 0 atom stereocenters. The maximum atomic E-state index is 12.2. The van der Waals surface area contributed by atoms with Gasteiger partial charge in [-0.2, -0.15) is 0 Å². The number of anilines is 2. The van der Waals surface area contributed by atoms with Gasteiger partial charge < -0.3 is 13.7 Å². The van der Waals surface area contributed by atoms with Crippen molar-refractivity contribution in [2.24, 2.45) is 0 Å². The van der Waals surface area contributed by atoms with Gasteiger partial charge in [-0.1, -0.05) is 29.8 Å². The number of furan rings is 1. The van der Waals surface area contributed by atoms with Crippen molar-refractivity contribution in [2.75, 3.05) is 11.9 Å². The van der Waals surface area contributed by atoms with E-state index < -0.39 is 5.63 Å². The predicted molar refractivity (Wildman–Crippen MR) is 89.6 cm³/mol. The molecule has 0 radical (unpaired) electrons. The smallest absolute Gasteiger partial charge is 0.357 e. The number of rotatable bonds is 2. The first kappa shape index (κ1) is 14.2. The van der Waals surface area contributed by atoms with Gasteiger partial charge >= 0.3 is 5.63 Å². The summed E-state index contributed by atoms with van der Waals surface area (Å²) in [5, 5.41) is 0.113. The van der Waals surface area contributed by atoms with E-state index in [1.165, 1.54) is 0 Å². The lowest BCUT2D eigenvalue weighted by Gasteiger charge is -2.26. The molecular weight excluding hydrogens is 314 g/mol. The maximum Gasteiger partial charge on any atom is 0.357 e. The minimum Gasteiger partial charge on any atom is -0.469 e. The Balaban J connectivity index is 1.96. The predicted octanol–water partition coefficient (Wildman–Crippen LogP) is 4.42. The van der Waals surface area contributed by atoms with E-state index in [9.17, 15) is 4.79 Å². The quantitative estimate of drug-likeness (QED) is 0.699. The first-order chi connectivity index (χ1) is 11.2. The Morgan fingerprint density at radius 3 is 2.70 bits per heavy atom. The average Bonchev–Trinajstić information content (AvgIpc) is 3.05. The highest BCUT2D eigenvalue weighted by atomic mass is 35.5. The van der Waals surface area contributed by atoms with Gasteiger partial charge in [0.15, 0.2) is 0 Å². The highest BCUT2D eigenvalue weighted by Gasteiger charge is 2.28. The van der Waals surface area contributed by atoms with Crippen LogP contribution in [0.2, 0.25) is 5.02 Å². The van der Waals surface area contributed by atoms with Crippen molar-refractivity contribution in [2.45, 2.75) is 12.8 Å². The third-order valence-corrected chi connectivity index (χ3v) is 4.55. The van der Waals surface area contributed by atoms with Crippen LogP contribution in [-0.2, 0) is 12.8 Å². The number of fused-ring (bicyclic) bond motifs is 3. The van der Waals surface area contributed by atoms with Gasteiger partial charge in [-0.3, -0.25) is 0 Å². The largest absolute Gasteiger partial charge is 0.469 e. The van der Waals surface area contributed by atoms with E-state index >= 15 is 0 Å². The van der Waals surface area contributed by atoms with Crippen LogP contribution in [0.25, 0.3) is 11.3 Å². The van der Waals surface area contributed by atoms with Crippen molar-refractivity contribution in [1.82, 2.24) is 0 Å². The zero-order chi connectivity index (χ0) is 16.0. The maximum absolute atomic E-state index is 12.2. The zero-order valence-corrected chi connectivity index (χ0v) is 13.3. The monoisotopic (exact) mass is 327 g/mol. The Bertz CT molecular complexity index is 927. The van der Waals surface area contributed by atoms with Gasteiger partial charge in [0.05, 0.1) is 17.5 Å². The number of benzene rings is 1. The van der Waals surface area contributed by atoms with Gasteiger partial charge in [0.2, 0.25) is 0 Å². The van der Waals surface area contributed by atoms with Crippen molar-refractivity contribution >= 4 is 23.0 Å². The fraction of sp³-hybridized carbons (Fsp3) is 0.167. The molecule has 0 saturated carbocycles. The van der Waals surface area contributed by atoms with Gasteiger partial charge in [-0.25, -0.2) is 4.79 Å². The minimum absolute atomic E-state index is 0.113. The van der Waals surface area contributed by atoms with Crippen LogP contribution in [0.1, 0.15) is 11.3 Å². The third-order valence-electron chi connectivity index (χ3n) is 4.21. The Morgan fingerprint density at radius 1 is 1.13 bits per heavy atom. The molecule has 5 heteroatoms. The van der Waals surface area contributed by atoms with E-state index in [0.717, 1.165) is 29.0 Å². The second-order valence-electron chi connectivity index (χ2n) is 5.51. The van der Waals surface area contributed by atoms with Crippen LogP contribution in [0.4, 0.5) is 11.4 Å². The molecule has 2 heterocycles. The first-order valence-corrected chi connectivity index (χ1v) is 7.75. The molecule has 1 aliphatic carbocycles. The van der Waals surface area contributed by atoms with Crippen LogP contribution in [0.3, 0.4) is 0 Å². The van der Waals surface area contributed by atoms with Gasteiger partial charge in [0.1, 0.15) is 16.5 Å². The summed E-state index contributed by atoms with van der Waals surface area (Å²) in [7, 11) is 1.90. The molecule has 0 aliphatic heterocycles. The Morgan fingerprint density at radius 2 is 1.91 bits per heavy atom. The second-order valence-corrected chi connectivity index (χ2v) is 5.89. The Labute approximate surface area is 137 Å². The lowest BCUT2D eigenvalue weighted by atomic mass is 9.94. The van der Waals surface area contributed by atoms with Crippen LogP contribution in [0, 0.1) is 0 Å². The zero-order valence-electron chi connectivity index (χ0n) is 12.5. The molecular formula is C18H14ClNO3. The van der Waals surface area contributed by atoms with E-state index in [4.69, 9.17) is 20.4 Å². The molecule has 1 aromatic carbocycles. The van der Waals surface area contributed by atoms with E-state index in [1.54, 1.807) is 6.26 Å². The van der Waals surface area contributed by atoms with Crippen molar-refractivity contribution in [1.29, 1.82) is 0 Å². The summed E-state index contributed by atoms with van der Waals surface area (Å²) in [6, 6.07) is 11.6. The lowest BCUT2D eigenvalue weighted by Crippen LogP contribution is -2.19. The number of aryl methyl sites for hydroxylation is 1. The molecule has 23 heavy (non-hydrogen) atoms. The van der Waals surface area contributed by atoms with Gasteiger partial charge in [-0.15, -0.1) is 0 Å². The molecule has 0 N–H and O–H groups in total. The summed E-state index contributed by atoms with van der Waals surface area (Å²) in [5.41, 5.74) is 2.91. The van der Waals surface area contributed by atoms with Gasteiger partial charge in [0.25, 0.3) is 0 Å². The van der Waals surface area contributed by atoms with Crippen molar-refractivity contribution in [3.8, 4) is 11.3 Å². The lowest BCUT2D eigenvalue weighted by molar-refractivity contribution is 0.483. The van der Waals surface area contributed by atoms with Crippen LogP contribution in [-0.4, -0.2) is 7.05 Å². The number of hydrogen-bond acceptors (Lipinski definition) is 4. The Kier molecular flexibility index (Phi) is 3.27. The minimum atomic E-state index is -0.530.